The van der Waals surface area contributed by atoms with Gasteiger partial charge in [0.2, 0.25) is 0 Å². The number of hydrogen-bond donors (Lipinski definition) is 6. The summed E-state index contributed by atoms with van der Waals surface area (Å²) in [7, 11) is 11.4. The van der Waals surface area contributed by atoms with Crippen LogP contribution in [-0.2, 0) is 43.3 Å². The molecule has 26 nitrogen and oxygen atoms in total. The van der Waals surface area contributed by atoms with Crippen LogP contribution in [0, 0.1) is 46.6 Å². The standard InChI is InChI=1S/C24H26F3N5O2S.C19H28ClFN2O2.C19H26ClFN2O2.C19H21ClFNO4.C19H29FN2O2.CH2O2/c1-32(2)22-11-16(15-4-3-5-17(25)10-15)6-7-20(22)30-21-12-19(27)23(13-18(21)26)35(33,34)31-24-8-9-28-14-29-24;2*1-19(2,3)25-18(24)22-16-7-6-12(10-17(16)23(4)5)13-8-14(20)11-15(21)9-13;1-19(2,3)26-18(24)22-10-25-17(23)15-8-11(4-5-16(15)22)12-6-13(20)9-14(21)7-12;1-19(2,3)24-18(23)21-16-10-9-14(12-17(16)22(4)5)13-7-6-8-15(20)11-13;2-1-3/h3-5,8-10,12-14,16,20,22,30H,6-7,11H2,1-2H3,(H,28,29,31);8-9,11-12,16-17H,6-7,10H2,1-5H3,(H,22,24);6,8-9,11,16-17H,7,10H2,1-5H3,(H,22,24);4,6-7,9,15-16H,5,8,10H2,1-3H3;6-8,11,14,16-17H,9-10,12H2,1-5H3,(H,21,23);1H,(H,2,3)/t16-,20-,22-;12-,16-,17-;16-,17-;15-,16-;14?,16-,17-;/m00000./s1. The number of allylic oxidation sites excluding steroid dienone is 1. The normalized spacial score (nSPS) is 22.1. The summed E-state index contributed by atoms with van der Waals surface area (Å²) in [6.45, 7) is 21.6. The fourth-order valence-corrected chi connectivity index (χ4v) is 19.5. The summed E-state index contributed by atoms with van der Waals surface area (Å²) in [5, 5.41) is 20.0. The molecule has 138 heavy (non-hydrogen) atoms. The Balaban J connectivity index is 0.000000212. The summed E-state index contributed by atoms with van der Waals surface area (Å²) < 4.78 is 152. The van der Waals surface area contributed by atoms with Crippen LogP contribution < -0.4 is 26.0 Å². The van der Waals surface area contributed by atoms with Crippen molar-refractivity contribution < 1.29 is 96.7 Å². The number of esters is 1. The second kappa shape index (κ2) is 50.2. The van der Waals surface area contributed by atoms with Crippen LogP contribution in [0.15, 0.2) is 151 Å². The molecule has 7 aromatic rings. The number of rotatable bonds is 17. The van der Waals surface area contributed by atoms with Crippen molar-refractivity contribution in [2.24, 2.45) is 5.92 Å². The molecule has 6 aliphatic rings. The highest BCUT2D eigenvalue weighted by molar-refractivity contribution is 7.92. The van der Waals surface area contributed by atoms with Gasteiger partial charge in [-0.3, -0.25) is 19.2 Å². The lowest BCUT2D eigenvalue weighted by Gasteiger charge is -2.42. The maximum absolute atomic E-state index is 15.0. The van der Waals surface area contributed by atoms with Crippen molar-refractivity contribution in [3.63, 3.8) is 0 Å². The van der Waals surface area contributed by atoms with E-state index in [0.717, 1.165) is 90.7 Å². The quantitative estimate of drug-likeness (QED) is 0.0214. The minimum absolute atomic E-state index is 0.00475. The Morgan fingerprint density at radius 2 is 0.906 bits per heavy atom. The number of nitrogens with one attached hydrogen (secondary N) is 5. The number of fused-ring (bicyclic) bond motifs is 1. The largest absolute Gasteiger partial charge is 0.483 e. The Bertz CT molecular complexity index is 5410. The molecule has 0 spiro atoms. The summed E-state index contributed by atoms with van der Waals surface area (Å²) in [4.78, 5) is 85.7. The van der Waals surface area contributed by atoms with E-state index in [0.29, 0.717) is 71.1 Å². The lowest BCUT2D eigenvalue weighted by Crippen LogP contribution is -2.55. The van der Waals surface area contributed by atoms with Gasteiger partial charge in [-0.2, -0.15) is 0 Å². The number of benzene rings is 6. The van der Waals surface area contributed by atoms with Crippen LogP contribution in [0.1, 0.15) is 212 Å². The van der Waals surface area contributed by atoms with Gasteiger partial charge in [0.25, 0.3) is 16.5 Å². The third kappa shape index (κ3) is 35.5. The topological polar surface area (TPSA) is 305 Å². The van der Waals surface area contributed by atoms with Gasteiger partial charge in [-0.25, -0.2) is 68.3 Å². The molecule has 1 aliphatic heterocycles. The van der Waals surface area contributed by atoms with E-state index in [-0.39, 0.29) is 126 Å². The molecule has 1 saturated heterocycles. The molecular weight excluding hydrogens is 1880 g/mol. The van der Waals surface area contributed by atoms with Gasteiger partial charge in [0.1, 0.15) is 80.2 Å². The Morgan fingerprint density at radius 1 is 0.493 bits per heavy atom. The lowest BCUT2D eigenvalue weighted by atomic mass is 9.78. The molecule has 6 N–H and O–H groups in total. The number of hydrogen-bond acceptors (Lipinski definition) is 20. The maximum Gasteiger partial charge on any atom is 0.413 e. The van der Waals surface area contributed by atoms with Gasteiger partial charge in [0, 0.05) is 69.6 Å². The van der Waals surface area contributed by atoms with Crippen LogP contribution in [0.3, 0.4) is 0 Å². The van der Waals surface area contributed by atoms with E-state index < -0.39 is 79.0 Å². The summed E-state index contributed by atoms with van der Waals surface area (Å²) >= 11 is 17.9. The number of nitrogens with zero attached hydrogens (tertiary/aromatic N) is 7. The van der Waals surface area contributed by atoms with E-state index in [1.165, 1.54) is 65.7 Å². The van der Waals surface area contributed by atoms with Gasteiger partial charge in [0.15, 0.2) is 6.73 Å². The van der Waals surface area contributed by atoms with E-state index in [9.17, 15) is 63.1 Å². The van der Waals surface area contributed by atoms with E-state index in [4.69, 9.17) is 68.4 Å². The number of carbonyl (C=O) groups excluding carboxylic acids is 5. The Labute approximate surface area is 821 Å². The van der Waals surface area contributed by atoms with Crippen LogP contribution in [0.5, 0.6) is 0 Å². The molecule has 0 bridgehead atoms. The molecule has 1 unspecified atom stereocenters. The average Bonchev–Trinajstić information content (AvgIpc) is 0.776. The van der Waals surface area contributed by atoms with Gasteiger partial charge >= 0.3 is 30.3 Å². The fourth-order valence-electron chi connectivity index (χ4n) is 17.7. The van der Waals surface area contributed by atoms with Crippen molar-refractivity contribution in [3.05, 3.63) is 230 Å². The third-order valence-corrected chi connectivity index (χ3v) is 25.9. The zero-order chi connectivity index (χ0) is 102. The molecule has 13 atom stereocenters. The minimum atomic E-state index is -4.40. The zero-order valence-corrected chi connectivity index (χ0v) is 85.0. The maximum atomic E-state index is 15.0. The smallest absolute Gasteiger partial charge is 0.413 e. The monoisotopic (exact) mass is 2010 g/mol. The first-order chi connectivity index (χ1) is 64.4. The first-order valence-corrected chi connectivity index (χ1v) is 48.3. The number of cyclic esters (lactones) is 1. The first kappa shape index (κ1) is 113. The van der Waals surface area contributed by atoms with Gasteiger partial charge in [-0.05, 0) is 371 Å². The number of anilines is 2. The Kier molecular flexibility index (Phi) is 41.1. The molecule has 13 rings (SSSR count). The number of carbonyl (C=O) groups is 6. The number of sulfonamides is 1. The number of carboxylic acid groups (broad SMARTS) is 1. The number of alkyl carbamates (subject to hydrolysis) is 3. The SMILES string of the molecule is CC(C)(C)OC(=O)N1COC(=O)[C@H]2CC(c3cc(F)cc(Cl)c3)=CC[C@@H]21.CN(C)[C@H]1CC(c2cc(F)cc(Cl)c2)=CC[C@@H]1NC(=O)OC(C)(C)C.CN(C)[C@H]1CC(c2cccc(F)c2)CC[C@@H]1NC(=O)OC(C)(C)C.CN(C)[C@H]1C[C@@H](c2cc(F)cc(Cl)c2)CC[C@@H]1NC(=O)OC(C)(C)C.CN(C)[C@H]1C[C@@H](c2cccc(F)c2)CC[C@@H]1Nc1cc(F)c(S(=O)(=O)Nc2ccncn2)cc1F.O=CO. The number of ether oxygens (including phenoxy) is 5. The van der Waals surface area contributed by atoms with Crippen LogP contribution in [-0.4, -0.2) is 225 Å². The number of amides is 4. The molecule has 2 heterocycles. The molecule has 4 fully saturated rings. The third-order valence-electron chi connectivity index (χ3n) is 23.8. The van der Waals surface area contributed by atoms with E-state index in [1.54, 1.807) is 57.2 Å². The number of aromatic nitrogens is 2. The van der Waals surface area contributed by atoms with Crippen molar-refractivity contribution in [1.82, 2.24) is 50.4 Å². The van der Waals surface area contributed by atoms with Crippen molar-refractivity contribution in [2.45, 2.75) is 266 Å². The van der Waals surface area contributed by atoms with Crippen LogP contribution in [0.4, 0.5) is 61.4 Å². The lowest BCUT2D eigenvalue weighted by molar-refractivity contribution is -0.167. The molecule has 4 amide bonds. The minimum Gasteiger partial charge on any atom is -0.483 e. The Hall–Kier alpha value is -10.3. The van der Waals surface area contributed by atoms with Crippen LogP contribution >= 0.6 is 34.8 Å². The molecule has 6 aromatic carbocycles. The average molecular weight is 2010 g/mol. The predicted molar refractivity (Wildman–Crippen MR) is 522 cm³/mol. The van der Waals surface area contributed by atoms with E-state index in [1.807, 2.05) is 154 Å². The first-order valence-electron chi connectivity index (χ1n) is 45.7. The summed E-state index contributed by atoms with van der Waals surface area (Å²) in [6.07, 6.45) is 14.1. The second-order valence-corrected chi connectivity index (χ2v) is 42.9. The number of likely N-dealkylation sites (N-methyl/N-ethyl adjacent to an activating group) is 4. The highest BCUT2D eigenvalue weighted by atomic mass is 35.5. The summed E-state index contributed by atoms with van der Waals surface area (Å²) in [5.41, 5.74) is 3.83. The van der Waals surface area contributed by atoms with Gasteiger partial charge in [-0.15, -0.1) is 0 Å². The van der Waals surface area contributed by atoms with Crippen molar-refractivity contribution >= 4 is 104 Å². The second-order valence-electron chi connectivity index (χ2n) is 39.9. The van der Waals surface area contributed by atoms with Gasteiger partial charge < -0.3 is 69.7 Å². The van der Waals surface area contributed by atoms with Crippen LogP contribution in [0.2, 0.25) is 15.1 Å². The Morgan fingerprint density at radius 3 is 1.33 bits per heavy atom. The summed E-state index contributed by atoms with van der Waals surface area (Å²) in [6, 6.07) is 29.6. The fraction of sp³-hybridized carbons (Fsp3) is 0.505. The molecule has 756 valence electrons. The van der Waals surface area contributed by atoms with Crippen molar-refractivity contribution in [1.29, 1.82) is 0 Å². The molecule has 1 aromatic heterocycles. The number of halogens is 10. The van der Waals surface area contributed by atoms with Crippen molar-refractivity contribution in [3.8, 4) is 0 Å². The molecule has 37 heteroatoms. The molecule has 0 radical (unpaired) electrons. The van der Waals surface area contributed by atoms with Crippen LogP contribution in [0.25, 0.3) is 11.1 Å². The highest BCUT2D eigenvalue weighted by Gasteiger charge is 2.45. The van der Waals surface area contributed by atoms with Gasteiger partial charge in [-0.1, -0.05) is 71.2 Å². The molecule has 5 aliphatic carbocycles. The summed E-state index contributed by atoms with van der Waals surface area (Å²) in [5.74, 6) is -3.82. The predicted octanol–water partition coefficient (Wildman–Crippen LogP) is 21.4. The molecule has 3 saturated carbocycles. The van der Waals surface area contributed by atoms with Crippen molar-refractivity contribution in [2.75, 3.05) is 73.2 Å². The van der Waals surface area contributed by atoms with Gasteiger partial charge in [0.05, 0.1) is 23.7 Å². The molecular formula is C101H132Cl3F7N12O14S. The van der Waals surface area contributed by atoms with E-state index in [2.05, 4.69) is 50.7 Å². The highest BCUT2D eigenvalue weighted by Crippen LogP contribution is 2.43. The van der Waals surface area contributed by atoms with E-state index >= 15 is 0 Å². The zero-order valence-electron chi connectivity index (χ0n) is 81.9.